The van der Waals surface area contributed by atoms with E-state index in [2.05, 4.69) is 15.5 Å². The van der Waals surface area contributed by atoms with Gasteiger partial charge in [-0.25, -0.2) is 4.39 Å². The van der Waals surface area contributed by atoms with Crippen LogP contribution in [0, 0.1) is 5.82 Å². The summed E-state index contributed by atoms with van der Waals surface area (Å²) in [7, 11) is 1.53. The Morgan fingerprint density at radius 2 is 1.78 bits per heavy atom. The number of anilines is 1. The molecule has 2 atom stereocenters. The van der Waals surface area contributed by atoms with E-state index in [1.54, 1.807) is 47.0 Å². The fourth-order valence-electron chi connectivity index (χ4n) is 3.95. The van der Waals surface area contributed by atoms with Crippen LogP contribution in [0.25, 0.3) is 0 Å². The van der Waals surface area contributed by atoms with Gasteiger partial charge < -0.3 is 14.8 Å². The highest BCUT2D eigenvalue weighted by atomic mass is 35.5. The number of carbonyl (C=O) groups is 1. The number of nitrogens with one attached hydrogen (secondary N) is 1. The zero-order valence-electron chi connectivity index (χ0n) is 21.9. The largest absolute Gasteiger partial charge is 0.483 e. The summed E-state index contributed by atoms with van der Waals surface area (Å²) < 4.78 is 66.7. The summed E-state index contributed by atoms with van der Waals surface area (Å²) in [5.41, 5.74) is -0.564. The molecule has 3 aromatic carbocycles. The standard InChI is InChI=1S/C28H25ClF4N4O3S/c1-17(15-39-2)37-24(16-40-23-11-7-6-10-21(23)30)35-36-27(37)41-25(18-8-4-3-5-9-18)26(38)34-22-14-19(28(31,32)33)12-13-20(22)29/h3-14,17,25H,15-16H2,1-2H3,(H,34,38)/t17-,25-/m1/s1. The maximum atomic E-state index is 14.1. The molecule has 7 nitrogen and oxygen atoms in total. The predicted octanol–water partition coefficient (Wildman–Crippen LogP) is 7.35. The van der Waals surface area contributed by atoms with E-state index in [4.69, 9.17) is 21.1 Å². The van der Waals surface area contributed by atoms with Crippen molar-refractivity contribution in [2.75, 3.05) is 19.0 Å². The van der Waals surface area contributed by atoms with E-state index in [0.717, 1.165) is 30.0 Å². The molecule has 0 spiro atoms. The molecule has 1 amide bonds. The number of thioether (sulfide) groups is 1. The van der Waals surface area contributed by atoms with Crippen LogP contribution in [-0.4, -0.2) is 34.4 Å². The SMILES string of the molecule is COC[C@@H](C)n1c(COc2ccccc2F)nnc1S[C@@H](C(=O)Nc1cc(C(F)(F)F)ccc1Cl)c1ccccc1. The van der Waals surface area contributed by atoms with Gasteiger partial charge in [-0.2, -0.15) is 13.2 Å². The highest BCUT2D eigenvalue weighted by Gasteiger charge is 2.32. The maximum absolute atomic E-state index is 14.1. The molecule has 0 bridgehead atoms. The Bertz CT molecular complexity index is 1490. The zero-order valence-corrected chi connectivity index (χ0v) is 23.4. The van der Waals surface area contributed by atoms with E-state index < -0.39 is 28.7 Å². The average molecular weight is 609 g/mol. The molecule has 0 aliphatic rings. The quantitative estimate of drug-likeness (QED) is 0.142. The van der Waals surface area contributed by atoms with E-state index in [1.165, 1.54) is 19.2 Å². The van der Waals surface area contributed by atoms with Gasteiger partial charge in [0.1, 0.15) is 11.9 Å². The molecule has 216 valence electrons. The molecule has 13 heteroatoms. The first-order valence-electron chi connectivity index (χ1n) is 12.3. The topological polar surface area (TPSA) is 78.3 Å². The van der Waals surface area contributed by atoms with Crippen molar-refractivity contribution in [2.24, 2.45) is 0 Å². The predicted molar refractivity (Wildman–Crippen MR) is 147 cm³/mol. The van der Waals surface area contributed by atoms with Crippen LogP contribution in [0.4, 0.5) is 23.2 Å². The second-order valence-electron chi connectivity index (χ2n) is 8.88. The lowest BCUT2D eigenvalue weighted by atomic mass is 10.1. The van der Waals surface area contributed by atoms with Crippen molar-refractivity contribution in [3.63, 3.8) is 0 Å². The van der Waals surface area contributed by atoms with Crippen LogP contribution < -0.4 is 10.1 Å². The van der Waals surface area contributed by atoms with Crippen LogP contribution in [0.3, 0.4) is 0 Å². The summed E-state index contributed by atoms with van der Waals surface area (Å²) in [6, 6.07) is 17.0. The Morgan fingerprint density at radius 3 is 2.46 bits per heavy atom. The molecule has 0 fully saturated rings. The van der Waals surface area contributed by atoms with Crippen molar-refractivity contribution >= 4 is 35.0 Å². The highest BCUT2D eigenvalue weighted by molar-refractivity contribution is 8.00. The van der Waals surface area contributed by atoms with Crippen LogP contribution in [0.15, 0.2) is 78.0 Å². The summed E-state index contributed by atoms with van der Waals surface area (Å²) in [4.78, 5) is 13.6. The van der Waals surface area contributed by atoms with Gasteiger partial charge in [0.25, 0.3) is 0 Å². The van der Waals surface area contributed by atoms with Crippen molar-refractivity contribution < 1.29 is 31.8 Å². The number of hydrogen-bond donors (Lipinski definition) is 1. The van der Waals surface area contributed by atoms with Crippen molar-refractivity contribution in [1.29, 1.82) is 0 Å². The number of hydrogen-bond acceptors (Lipinski definition) is 6. The fourth-order valence-corrected chi connectivity index (χ4v) is 5.27. The molecule has 0 aliphatic carbocycles. The third-order valence-corrected chi connectivity index (χ3v) is 7.43. The number of para-hydroxylation sites is 1. The lowest BCUT2D eigenvalue weighted by Gasteiger charge is -2.21. The first-order valence-corrected chi connectivity index (χ1v) is 13.5. The number of rotatable bonds is 11. The summed E-state index contributed by atoms with van der Waals surface area (Å²) >= 11 is 7.17. The van der Waals surface area contributed by atoms with Crippen molar-refractivity contribution in [3.8, 4) is 5.75 Å². The first kappa shape index (κ1) is 30.4. The van der Waals surface area contributed by atoms with E-state index >= 15 is 0 Å². The highest BCUT2D eigenvalue weighted by Crippen LogP contribution is 2.39. The van der Waals surface area contributed by atoms with Crippen LogP contribution in [0.2, 0.25) is 5.02 Å². The van der Waals surface area contributed by atoms with Crippen LogP contribution >= 0.6 is 23.4 Å². The number of nitrogens with zero attached hydrogens (tertiary/aromatic N) is 3. The fraction of sp³-hybridized carbons (Fsp3) is 0.250. The molecule has 0 radical (unpaired) electrons. The number of halogens is 5. The van der Waals surface area contributed by atoms with Crippen LogP contribution in [0.5, 0.6) is 5.75 Å². The normalized spacial score (nSPS) is 13.0. The summed E-state index contributed by atoms with van der Waals surface area (Å²) in [5.74, 6) is -0.767. The lowest BCUT2D eigenvalue weighted by molar-refractivity contribution is -0.137. The van der Waals surface area contributed by atoms with Gasteiger partial charge in [0.2, 0.25) is 5.91 Å². The Morgan fingerprint density at radius 1 is 1.07 bits per heavy atom. The minimum Gasteiger partial charge on any atom is -0.483 e. The molecule has 4 aromatic rings. The second kappa shape index (κ2) is 13.4. The van der Waals surface area contributed by atoms with Crippen LogP contribution in [-0.2, 0) is 22.3 Å². The molecule has 0 saturated carbocycles. The summed E-state index contributed by atoms with van der Waals surface area (Å²) in [6.07, 6.45) is -4.62. The van der Waals surface area contributed by atoms with Gasteiger partial charge in [0, 0.05) is 7.11 Å². The summed E-state index contributed by atoms with van der Waals surface area (Å²) in [6.45, 7) is 1.99. The van der Waals surface area contributed by atoms with Gasteiger partial charge in [-0.05, 0) is 42.8 Å². The zero-order chi connectivity index (χ0) is 29.6. The average Bonchev–Trinajstić information content (AvgIpc) is 3.35. The Hall–Kier alpha value is -3.61. The Balaban J connectivity index is 1.66. The molecular weight excluding hydrogens is 584 g/mol. The van der Waals surface area contributed by atoms with Crippen LogP contribution in [0.1, 0.15) is 35.2 Å². The molecule has 41 heavy (non-hydrogen) atoms. The van der Waals surface area contributed by atoms with Gasteiger partial charge in [0.15, 0.2) is 22.5 Å². The molecule has 0 unspecified atom stereocenters. The lowest BCUT2D eigenvalue weighted by Crippen LogP contribution is -2.21. The Kier molecular flexibility index (Phi) is 9.90. The summed E-state index contributed by atoms with van der Waals surface area (Å²) in [5, 5.41) is 10.3. The monoisotopic (exact) mass is 608 g/mol. The number of methoxy groups -OCH3 is 1. The minimum absolute atomic E-state index is 0.0372. The number of benzene rings is 3. The first-order chi connectivity index (χ1) is 19.6. The van der Waals surface area contributed by atoms with Crippen molar-refractivity contribution in [3.05, 3.63) is 101 Å². The van der Waals surface area contributed by atoms with Gasteiger partial charge in [-0.1, -0.05) is 65.8 Å². The molecule has 4 rings (SSSR count). The number of amides is 1. The van der Waals surface area contributed by atoms with E-state index in [-0.39, 0.29) is 35.7 Å². The van der Waals surface area contributed by atoms with E-state index in [9.17, 15) is 22.4 Å². The van der Waals surface area contributed by atoms with Gasteiger partial charge >= 0.3 is 6.18 Å². The number of alkyl halides is 3. The Labute approximate surface area is 242 Å². The third-order valence-electron chi connectivity index (χ3n) is 5.89. The molecule has 1 N–H and O–H groups in total. The van der Waals surface area contributed by atoms with Crippen molar-refractivity contribution in [2.45, 2.75) is 36.2 Å². The minimum atomic E-state index is -4.62. The van der Waals surface area contributed by atoms with E-state index in [1.807, 2.05) is 6.92 Å². The second-order valence-corrected chi connectivity index (χ2v) is 10.4. The van der Waals surface area contributed by atoms with Crippen molar-refractivity contribution in [1.82, 2.24) is 14.8 Å². The molecule has 1 aromatic heterocycles. The number of carbonyl (C=O) groups excluding carboxylic acids is 1. The number of ether oxygens (including phenoxy) is 2. The maximum Gasteiger partial charge on any atom is 0.416 e. The van der Waals surface area contributed by atoms with Gasteiger partial charge in [0.05, 0.1) is 28.9 Å². The molecular formula is C28H25ClF4N4O3S. The molecule has 0 saturated heterocycles. The third kappa shape index (κ3) is 7.57. The smallest absolute Gasteiger partial charge is 0.416 e. The van der Waals surface area contributed by atoms with Gasteiger partial charge in [-0.3, -0.25) is 9.36 Å². The molecule has 1 heterocycles. The van der Waals surface area contributed by atoms with E-state index in [0.29, 0.717) is 16.5 Å². The van der Waals surface area contributed by atoms with Gasteiger partial charge in [-0.15, -0.1) is 10.2 Å². The number of aromatic nitrogens is 3. The molecule has 0 aliphatic heterocycles.